The first kappa shape index (κ1) is 41.0. The van der Waals surface area contributed by atoms with E-state index in [4.69, 9.17) is 33.2 Å². The van der Waals surface area contributed by atoms with E-state index < -0.39 is 29.6 Å². The molecule has 14 heteroatoms. The van der Waals surface area contributed by atoms with Crippen molar-refractivity contribution in [1.29, 1.82) is 0 Å². The van der Waals surface area contributed by atoms with Crippen LogP contribution in [0.25, 0.3) is 6.08 Å². The molecule has 0 spiro atoms. The van der Waals surface area contributed by atoms with Gasteiger partial charge >= 0.3 is 5.97 Å². The summed E-state index contributed by atoms with van der Waals surface area (Å²) in [5.74, 6) is -0.361. The van der Waals surface area contributed by atoms with Gasteiger partial charge in [-0.15, -0.1) is 0 Å². The lowest BCUT2D eigenvalue weighted by Crippen LogP contribution is -2.40. The molecule has 57 heavy (non-hydrogen) atoms. The molecule has 3 atom stereocenters. The minimum absolute atomic E-state index is 0.0580. The molecular weight excluding hydrogens is 736 g/mol. The molecule has 3 aliphatic heterocycles. The Morgan fingerprint density at radius 3 is 2.37 bits per heavy atom. The first-order valence-corrected chi connectivity index (χ1v) is 19.2. The number of nitrogens with one attached hydrogen (secondary N) is 1. The van der Waals surface area contributed by atoms with Crippen LogP contribution >= 0.6 is 0 Å². The second-order valence-corrected chi connectivity index (χ2v) is 14.5. The van der Waals surface area contributed by atoms with Gasteiger partial charge in [0.2, 0.25) is 24.2 Å². The number of hydrogen-bond donors (Lipinski definition) is 3. The number of likely N-dealkylation sites (N-methyl/N-ethyl adjacent to an activating group) is 1. The topological polar surface area (TPSA) is 172 Å². The highest BCUT2D eigenvalue weighted by Crippen LogP contribution is 2.50. The lowest BCUT2D eigenvalue weighted by molar-refractivity contribution is -0.121. The van der Waals surface area contributed by atoms with Crippen LogP contribution in [-0.2, 0) is 20.7 Å². The van der Waals surface area contributed by atoms with E-state index in [1.807, 2.05) is 13.1 Å². The van der Waals surface area contributed by atoms with Crippen molar-refractivity contribution in [3.8, 4) is 46.0 Å². The lowest BCUT2D eigenvalue weighted by atomic mass is 9.84. The molecule has 6 rings (SSSR count). The average molecular weight is 789 g/mol. The van der Waals surface area contributed by atoms with E-state index in [0.717, 1.165) is 24.1 Å². The van der Waals surface area contributed by atoms with Gasteiger partial charge < -0.3 is 48.7 Å². The number of aromatic hydroxyl groups is 2. The van der Waals surface area contributed by atoms with Crippen LogP contribution in [0, 0.1) is 0 Å². The van der Waals surface area contributed by atoms with Crippen molar-refractivity contribution in [2.75, 3.05) is 55.4 Å². The number of nitrogens with zero attached hydrogens (tertiary/aromatic N) is 1. The third-order valence-corrected chi connectivity index (χ3v) is 10.9. The van der Waals surface area contributed by atoms with Crippen LogP contribution in [0.2, 0.25) is 0 Å². The number of ether oxygens (including phenoxy) is 7. The Balaban J connectivity index is 1.40. The number of carbonyl (C=O) groups is 3. The molecule has 0 fully saturated rings. The van der Waals surface area contributed by atoms with Gasteiger partial charge in [0.15, 0.2) is 23.0 Å². The van der Waals surface area contributed by atoms with Gasteiger partial charge in [0.1, 0.15) is 22.8 Å². The summed E-state index contributed by atoms with van der Waals surface area (Å²) in [6, 6.07) is 6.36. The molecule has 3 aliphatic rings. The van der Waals surface area contributed by atoms with Gasteiger partial charge in [-0.25, -0.2) is 4.79 Å². The van der Waals surface area contributed by atoms with Gasteiger partial charge in [0, 0.05) is 49.4 Å². The Morgan fingerprint density at radius 2 is 1.67 bits per heavy atom. The summed E-state index contributed by atoms with van der Waals surface area (Å²) in [5, 5.41) is 27.0. The Kier molecular flexibility index (Phi) is 13.0. The minimum Gasteiger partial charge on any atom is -0.507 e. The summed E-state index contributed by atoms with van der Waals surface area (Å²) in [4.78, 5) is 42.5. The zero-order chi connectivity index (χ0) is 40.8. The number of benzene rings is 3. The maximum absolute atomic E-state index is 14.2. The Morgan fingerprint density at radius 1 is 0.947 bits per heavy atom. The largest absolute Gasteiger partial charge is 0.507 e. The lowest BCUT2D eigenvalue weighted by Gasteiger charge is -2.36. The molecule has 3 aromatic rings. The third kappa shape index (κ3) is 8.70. The first-order valence-electron chi connectivity index (χ1n) is 19.2. The molecule has 0 saturated carbocycles. The SMILES string of the molecule is COc1cc(C(CC(=O)NCC2c3c(cc4c(c3OC)OCO4)CCN2C)c2c(O)cc3c(c2O)C(=O)O[C@@H](C)CCCC(=O)CCC/C=C/3)cc(OC)c1OC. The van der Waals surface area contributed by atoms with Crippen molar-refractivity contribution < 1.29 is 57.8 Å². The molecule has 1 amide bonds. The maximum atomic E-state index is 14.2. The van der Waals surface area contributed by atoms with Gasteiger partial charge in [-0.1, -0.05) is 12.2 Å². The van der Waals surface area contributed by atoms with E-state index >= 15 is 0 Å². The molecule has 0 aliphatic carbocycles. The number of cyclic esters (lactones) is 1. The van der Waals surface area contributed by atoms with E-state index in [2.05, 4.69) is 10.2 Å². The highest BCUT2D eigenvalue weighted by Gasteiger charge is 2.36. The van der Waals surface area contributed by atoms with Crippen LogP contribution in [-0.4, -0.2) is 94.2 Å². The Hall–Kier alpha value is -5.63. The number of amides is 1. The monoisotopic (exact) mass is 788 g/mol. The standard InChI is InChI=1S/C43H52N2O12/c1-24-11-10-14-28(46)13-9-7-8-12-25-17-31(47)38(39(49)37(25)43(50)57-24)29(27-19-32(51-3)40(53-5)33(20-27)52-4)21-35(48)44-22-30-36-26(15-16-45(30)2)18-34-41(42(36)54-6)56-23-55-34/h8,12,17-20,24,29-30,47,49H,7,9-11,13-16,21-23H2,1-6H3,(H,44,48)/b12-8+/t24-,29?,30?/m0/s1. The van der Waals surface area contributed by atoms with Crippen molar-refractivity contribution in [1.82, 2.24) is 10.2 Å². The van der Waals surface area contributed by atoms with Gasteiger partial charge in [-0.3, -0.25) is 14.5 Å². The molecule has 0 aromatic heterocycles. The van der Waals surface area contributed by atoms with E-state index in [0.29, 0.717) is 67.1 Å². The second-order valence-electron chi connectivity index (χ2n) is 14.5. The summed E-state index contributed by atoms with van der Waals surface area (Å²) in [6.45, 7) is 2.74. The highest BCUT2D eigenvalue weighted by molar-refractivity contribution is 5.98. The van der Waals surface area contributed by atoms with Gasteiger partial charge in [0.25, 0.3) is 0 Å². The van der Waals surface area contributed by atoms with E-state index in [1.165, 1.54) is 27.4 Å². The molecule has 3 aromatic carbocycles. The van der Waals surface area contributed by atoms with Crippen LogP contribution < -0.4 is 33.7 Å². The molecule has 14 nitrogen and oxygen atoms in total. The zero-order valence-corrected chi connectivity index (χ0v) is 33.4. The quantitative estimate of drug-likeness (QED) is 0.198. The molecule has 2 unspecified atom stereocenters. The molecule has 0 saturated heterocycles. The Labute approximate surface area is 332 Å². The first-order chi connectivity index (χ1) is 27.5. The van der Waals surface area contributed by atoms with Crippen LogP contribution in [0.5, 0.6) is 46.0 Å². The fourth-order valence-corrected chi connectivity index (χ4v) is 7.96. The highest BCUT2D eigenvalue weighted by atomic mass is 16.7. The van der Waals surface area contributed by atoms with Crippen LogP contribution in [0.1, 0.15) is 102 Å². The number of Topliss-reactive ketones (excluding diaryl/α,β-unsaturated/α-hetero) is 1. The zero-order valence-electron chi connectivity index (χ0n) is 33.4. The van der Waals surface area contributed by atoms with Crippen LogP contribution in [0.4, 0.5) is 0 Å². The normalized spacial score (nSPS) is 19.6. The van der Waals surface area contributed by atoms with Crippen molar-refractivity contribution >= 4 is 23.7 Å². The number of ketones is 1. The number of hydrogen-bond acceptors (Lipinski definition) is 13. The molecule has 3 N–H and O–H groups in total. The number of esters is 1. The summed E-state index contributed by atoms with van der Waals surface area (Å²) in [6.07, 6.45) is 6.35. The predicted octanol–water partition coefficient (Wildman–Crippen LogP) is 6.21. The number of phenols is 2. The summed E-state index contributed by atoms with van der Waals surface area (Å²) >= 11 is 0. The number of phenolic OH excluding ortho intramolecular Hbond substituents is 2. The summed E-state index contributed by atoms with van der Waals surface area (Å²) in [7, 11) is 7.94. The number of fused-ring (bicyclic) bond motifs is 3. The van der Waals surface area contributed by atoms with Crippen molar-refractivity contribution in [3.05, 3.63) is 63.7 Å². The van der Waals surface area contributed by atoms with Gasteiger partial charge in [-0.2, -0.15) is 0 Å². The fraction of sp³-hybridized carbons (Fsp3) is 0.465. The summed E-state index contributed by atoms with van der Waals surface area (Å²) < 4.78 is 39.9. The number of allylic oxidation sites excluding steroid dienone is 1. The Bertz CT molecular complexity index is 2000. The number of methoxy groups -OCH3 is 4. The molecule has 0 bridgehead atoms. The van der Waals surface area contributed by atoms with E-state index in [-0.39, 0.29) is 65.5 Å². The summed E-state index contributed by atoms with van der Waals surface area (Å²) in [5.41, 5.74) is 2.39. The van der Waals surface area contributed by atoms with Crippen molar-refractivity contribution in [2.45, 2.75) is 76.4 Å². The van der Waals surface area contributed by atoms with Gasteiger partial charge in [-0.05, 0) is 87.0 Å². The third-order valence-electron chi connectivity index (χ3n) is 10.9. The molecule has 3 heterocycles. The van der Waals surface area contributed by atoms with Crippen LogP contribution in [0.15, 0.2) is 30.3 Å². The minimum atomic E-state index is -1.03. The second kappa shape index (κ2) is 18.1. The maximum Gasteiger partial charge on any atom is 0.342 e. The molecule has 306 valence electrons. The van der Waals surface area contributed by atoms with Crippen molar-refractivity contribution in [3.63, 3.8) is 0 Å². The van der Waals surface area contributed by atoms with Crippen LogP contribution in [0.3, 0.4) is 0 Å². The predicted molar refractivity (Wildman–Crippen MR) is 210 cm³/mol. The van der Waals surface area contributed by atoms with Crippen molar-refractivity contribution in [2.24, 2.45) is 0 Å². The van der Waals surface area contributed by atoms with Gasteiger partial charge in [0.05, 0.1) is 40.6 Å². The average Bonchev–Trinajstić information content (AvgIpc) is 3.66. The van der Waals surface area contributed by atoms with E-state index in [9.17, 15) is 24.6 Å². The number of rotatable bonds is 10. The smallest absolute Gasteiger partial charge is 0.342 e. The molecule has 0 radical (unpaired) electrons. The fourth-order valence-electron chi connectivity index (χ4n) is 7.96. The number of carbonyl (C=O) groups excluding carboxylic acids is 3. The molecular formula is C43H52N2O12. The van der Waals surface area contributed by atoms with E-state index in [1.54, 1.807) is 38.3 Å².